The number of nitrogens with zero attached hydrogens (tertiary/aromatic N) is 1. The van der Waals surface area contributed by atoms with Crippen molar-refractivity contribution in [3.63, 3.8) is 0 Å². The first-order chi connectivity index (χ1) is 8.58. The zero-order valence-electron chi connectivity index (χ0n) is 11.9. The molecule has 0 bridgehead atoms. The predicted octanol–water partition coefficient (Wildman–Crippen LogP) is 2.78. The Labute approximate surface area is 111 Å². The fourth-order valence-electron chi connectivity index (χ4n) is 2.83. The molecule has 2 N–H and O–H groups in total. The van der Waals surface area contributed by atoms with Gasteiger partial charge >= 0.3 is 0 Å². The van der Waals surface area contributed by atoms with Crippen LogP contribution in [0, 0.1) is 0 Å². The maximum atomic E-state index is 5.93. The molecule has 2 heteroatoms. The van der Waals surface area contributed by atoms with E-state index in [0.717, 1.165) is 19.6 Å². The molecule has 0 fully saturated rings. The number of fused-ring (bicyclic) bond motifs is 1. The van der Waals surface area contributed by atoms with Crippen molar-refractivity contribution in [1.29, 1.82) is 0 Å². The largest absolute Gasteiger partial charge is 0.329 e. The smallest absolute Gasteiger partial charge is 0.0275 e. The monoisotopic (exact) mass is 246 g/mol. The molecule has 100 valence electrons. The Morgan fingerprint density at radius 2 is 2.06 bits per heavy atom. The van der Waals surface area contributed by atoms with Crippen LogP contribution in [0.4, 0.5) is 0 Å². The van der Waals surface area contributed by atoms with Crippen LogP contribution in [0.25, 0.3) is 0 Å². The number of benzene rings is 1. The first-order valence-corrected chi connectivity index (χ1v) is 7.11. The van der Waals surface area contributed by atoms with E-state index in [9.17, 15) is 0 Å². The van der Waals surface area contributed by atoms with E-state index in [1.165, 1.54) is 18.4 Å². The van der Waals surface area contributed by atoms with Gasteiger partial charge in [-0.15, -0.1) is 0 Å². The lowest BCUT2D eigenvalue weighted by Gasteiger charge is -2.42. The van der Waals surface area contributed by atoms with Gasteiger partial charge in [0.2, 0.25) is 0 Å². The maximum Gasteiger partial charge on any atom is 0.0275 e. The lowest BCUT2D eigenvalue weighted by atomic mass is 9.77. The van der Waals surface area contributed by atoms with Gasteiger partial charge in [0, 0.05) is 24.5 Å². The van der Waals surface area contributed by atoms with E-state index in [4.69, 9.17) is 5.73 Å². The summed E-state index contributed by atoms with van der Waals surface area (Å²) in [6, 6.07) is 8.83. The number of nitrogens with two attached hydrogens (primary N) is 1. The van der Waals surface area contributed by atoms with Gasteiger partial charge in [0.05, 0.1) is 0 Å². The van der Waals surface area contributed by atoms with E-state index in [0.29, 0.717) is 5.92 Å². The second-order valence-corrected chi connectivity index (χ2v) is 6.06. The van der Waals surface area contributed by atoms with Crippen molar-refractivity contribution in [2.24, 2.45) is 5.73 Å². The van der Waals surface area contributed by atoms with Crippen LogP contribution in [-0.2, 0) is 6.42 Å². The van der Waals surface area contributed by atoms with Gasteiger partial charge in [0.15, 0.2) is 0 Å². The molecule has 2 rings (SSSR count). The quantitative estimate of drug-likeness (QED) is 0.836. The third kappa shape index (κ3) is 2.60. The van der Waals surface area contributed by atoms with Crippen molar-refractivity contribution in [2.45, 2.75) is 45.1 Å². The highest BCUT2D eigenvalue weighted by Gasteiger charge is 2.32. The standard InChI is InChI=1S/C16H26N2/c1-4-9-18(16(2,3)12-17)11-14-10-13-7-5-6-8-15(13)14/h5-8,14H,4,9-12,17H2,1-3H3. The summed E-state index contributed by atoms with van der Waals surface area (Å²) < 4.78 is 0. The van der Waals surface area contributed by atoms with Crippen LogP contribution < -0.4 is 5.73 Å². The second kappa shape index (κ2) is 5.41. The summed E-state index contributed by atoms with van der Waals surface area (Å²) >= 11 is 0. The Morgan fingerprint density at radius 3 is 2.67 bits per heavy atom. The van der Waals surface area contributed by atoms with E-state index < -0.39 is 0 Å². The van der Waals surface area contributed by atoms with Crippen LogP contribution in [0.15, 0.2) is 24.3 Å². The molecule has 1 aliphatic carbocycles. The van der Waals surface area contributed by atoms with Crippen LogP contribution in [0.1, 0.15) is 44.2 Å². The number of hydrogen-bond donors (Lipinski definition) is 1. The fourth-order valence-corrected chi connectivity index (χ4v) is 2.83. The molecule has 1 atom stereocenters. The molecule has 0 radical (unpaired) electrons. The topological polar surface area (TPSA) is 29.3 Å². The van der Waals surface area contributed by atoms with Crippen LogP contribution >= 0.6 is 0 Å². The van der Waals surface area contributed by atoms with Crippen molar-refractivity contribution in [3.05, 3.63) is 35.4 Å². The normalized spacial score (nSPS) is 18.6. The third-order valence-electron chi connectivity index (χ3n) is 4.25. The van der Waals surface area contributed by atoms with Crippen LogP contribution in [0.2, 0.25) is 0 Å². The van der Waals surface area contributed by atoms with E-state index in [2.05, 4.69) is 49.9 Å². The molecule has 18 heavy (non-hydrogen) atoms. The molecular weight excluding hydrogens is 220 g/mol. The Morgan fingerprint density at radius 1 is 1.33 bits per heavy atom. The molecule has 0 aromatic heterocycles. The highest BCUT2D eigenvalue weighted by Crippen LogP contribution is 2.36. The Bertz CT molecular complexity index is 398. The van der Waals surface area contributed by atoms with E-state index in [1.807, 2.05) is 0 Å². The minimum Gasteiger partial charge on any atom is -0.329 e. The van der Waals surface area contributed by atoms with Crippen LogP contribution in [-0.4, -0.2) is 30.1 Å². The van der Waals surface area contributed by atoms with Gasteiger partial charge in [0.25, 0.3) is 0 Å². The lowest BCUT2D eigenvalue weighted by molar-refractivity contribution is 0.114. The summed E-state index contributed by atoms with van der Waals surface area (Å²) in [5, 5.41) is 0. The molecule has 0 amide bonds. The summed E-state index contributed by atoms with van der Waals surface area (Å²) in [7, 11) is 0. The van der Waals surface area contributed by atoms with E-state index >= 15 is 0 Å². The van der Waals surface area contributed by atoms with Gasteiger partial charge in [0.1, 0.15) is 0 Å². The van der Waals surface area contributed by atoms with E-state index in [-0.39, 0.29) is 5.54 Å². The molecule has 0 spiro atoms. The Kier molecular flexibility index (Phi) is 4.08. The third-order valence-corrected chi connectivity index (χ3v) is 4.25. The van der Waals surface area contributed by atoms with Crippen LogP contribution in [0.5, 0.6) is 0 Å². The second-order valence-electron chi connectivity index (χ2n) is 6.06. The molecule has 1 aliphatic rings. The highest BCUT2D eigenvalue weighted by atomic mass is 15.2. The van der Waals surface area contributed by atoms with Crippen molar-refractivity contribution >= 4 is 0 Å². The highest BCUT2D eigenvalue weighted by molar-refractivity contribution is 5.40. The van der Waals surface area contributed by atoms with Gasteiger partial charge in [-0.1, -0.05) is 31.2 Å². The first kappa shape index (κ1) is 13.6. The van der Waals surface area contributed by atoms with Gasteiger partial charge in [-0.05, 0) is 44.4 Å². The zero-order chi connectivity index (χ0) is 13.2. The van der Waals surface area contributed by atoms with Crippen molar-refractivity contribution in [2.75, 3.05) is 19.6 Å². The van der Waals surface area contributed by atoms with Gasteiger partial charge in [-0.25, -0.2) is 0 Å². The molecule has 1 aromatic carbocycles. The predicted molar refractivity (Wildman–Crippen MR) is 77.9 cm³/mol. The maximum absolute atomic E-state index is 5.93. The Balaban J connectivity index is 2.04. The van der Waals surface area contributed by atoms with Crippen molar-refractivity contribution in [1.82, 2.24) is 4.90 Å². The lowest BCUT2D eigenvalue weighted by Crippen LogP contribution is -2.51. The van der Waals surface area contributed by atoms with Gasteiger partial charge in [-0.3, -0.25) is 4.90 Å². The molecule has 2 nitrogen and oxygen atoms in total. The SMILES string of the molecule is CCCN(CC1Cc2ccccc21)C(C)(C)CN. The summed E-state index contributed by atoms with van der Waals surface area (Å²) in [5.41, 5.74) is 9.12. The van der Waals surface area contributed by atoms with E-state index in [1.54, 1.807) is 5.56 Å². The van der Waals surface area contributed by atoms with Crippen molar-refractivity contribution < 1.29 is 0 Å². The minimum absolute atomic E-state index is 0.112. The molecule has 0 aliphatic heterocycles. The molecule has 0 heterocycles. The molecule has 1 aromatic rings. The molecular formula is C16H26N2. The summed E-state index contributed by atoms with van der Waals surface area (Å²) in [5.74, 6) is 0.707. The van der Waals surface area contributed by atoms with Crippen molar-refractivity contribution in [3.8, 4) is 0 Å². The Hall–Kier alpha value is -0.860. The summed E-state index contributed by atoms with van der Waals surface area (Å²) in [6.07, 6.45) is 2.43. The molecule has 0 saturated carbocycles. The summed E-state index contributed by atoms with van der Waals surface area (Å²) in [6.45, 7) is 9.77. The average Bonchev–Trinajstić information content (AvgIpc) is 2.34. The zero-order valence-corrected chi connectivity index (χ0v) is 11.9. The fraction of sp³-hybridized carbons (Fsp3) is 0.625. The van der Waals surface area contributed by atoms with Gasteiger partial charge in [-0.2, -0.15) is 0 Å². The minimum atomic E-state index is 0.112. The summed E-state index contributed by atoms with van der Waals surface area (Å²) in [4.78, 5) is 2.56. The van der Waals surface area contributed by atoms with Gasteiger partial charge < -0.3 is 5.73 Å². The van der Waals surface area contributed by atoms with Crippen LogP contribution in [0.3, 0.4) is 0 Å². The number of rotatable bonds is 6. The molecule has 1 unspecified atom stereocenters. The molecule has 0 saturated heterocycles. The number of hydrogen-bond acceptors (Lipinski definition) is 2. The first-order valence-electron chi connectivity index (χ1n) is 7.11. The average molecular weight is 246 g/mol.